The molecule has 0 atom stereocenters. The normalized spacial score (nSPS) is 10.3. The highest BCUT2D eigenvalue weighted by Gasteiger charge is 2.15. The molecule has 0 saturated carbocycles. The second kappa shape index (κ2) is 5.30. The maximum atomic E-state index is 11.1. The van der Waals surface area contributed by atoms with E-state index in [-0.39, 0.29) is 11.3 Å². The largest absolute Gasteiger partial charge is 0.478 e. The van der Waals surface area contributed by atoms with Crippen LogP contribution in [0.2, 0.25) is 5.02 Å². The summed E-state index contributed by atoms with van der Waals surface area (Å²) in [5.74, 6) is -1.21. The van der Waals surface area contributed by atoms with Crippen molar-refractivity contribution in [2.75, 3.05) is 0 Å². The number of nitro groups is 1. The number of hydrogen-bond acceptors (Lipinski definition) is 3. The molecule has 0 bridgehead atoms. The molecule has 0 amide bonds. The average Bonchev–Trinajstić information content (AvgIpc) is 2.38. The average molecular weight is 292 g/mol. The van der Waals surface area contributed by atoms with Gasteiger partial charge in [0.05, 0.1) is 10.5 Å². The van der Waals surface area contributed by atoms with Crippen molar-refractivity contribution >= 4 is 23.3 Å². The summed E-state index contributed by atoms with van der Waals surface area (Å²) in [6.07, 6.45) is 0. The number of carboxylic acids is 1. The SMILES string of the molecule is Cc1cc(Cl)ccc1-c1cc(C(=O)O)cc([N+](=O)[O-])c1. The van der Waals surface area contributed by atoms with Crippen molar-refractivity contribution in [2.24, 2.45) is 0 Å². The fraction of sp³-hybridized carbons (Fsp3) is 0.0714. The first-order valence-electron chi connectivity index (χ1n) is 5.68. The third-order valence-corrected chi connectivity index (χ3v) is 3.11. The van der Waals surface area contributed by atoms with E-state index in [0.29, 0.717) is 16.1 Å². The number of benzene rings is 2. The number of aromatic carboxylic acids is 1. The molecule has 0 fully saturated rings. The Balaban J connectivity index is 2.66. The fourth-order valence-electron chi connectivity index (χ4n) is 1.95. The molecule has 5 nitrogen and oxygen atoms in total. The highest BCUT2D eigenvalue weighted by Crippen LogP contribution is 2.30. The molecule has 2 rings (SSSR count). The summed E-state index contributed by atoms with van der Waals surface area (Å²) in [5, 5.41) is 20.5. The van der Waals surface area contributed by atoms with Crippen molar-refractivity contribution in [2.45, 2.75) is 6.92 Å². The van der Waals surface area contributed by atoms with Gasteiger partial charge in [0.2, 0.25) is 0 Å². The van der Waals surface area contributed by atoms with Crippen LogP contribution >= 0.6 is 11.6 Å². The van der Waals surface area contributed by atoms with Crippen LogP contribution in [-0.2, 0) is 0 Å². The van der Waals surface area contributed by atoms with Crippen LogP contribution in [0.1, 0.15) is 15.9 Å². The predicted molar refractivity (Wildman–Crippen MR) is 75.2 cm³/mol. The molecule has 0 aliphatic heterocycles. The van der Waals surface area contributed by atoms with Crippen molar-refractivity contribution in [3.8, 4) is 11.1 Å². The van der Waals surface area contributed by atoms with E-state index >= 15 is 0 Å². The summed E-state index contributed by atoms with van der Waals surface area (Å²) in [6, 6.07) is 8.88. The van der Waals surface area contributed by atoms with E-state index in [1.54, 1.807) is 25.1 Å². The number of aryl methyl sites for hydroxylation is 1. The molecule has 0 saturated heterocycles. The van der Waals surface area contributed by atoms with Crippen LogP contribution in [-0.4, -0.2) is 16.0 Å². The van der Waals surface area contributed by atoms with E-state index in [9.17, 15) is 14.9 Å². The van der Waals surface area contributed by atoms with E-state index in [4.69, 9.17) is 16.7 Å². The second-order valence-corrected chi connectivity index (χ2v) is 4.73. The van der Waals surface area contributed by atoms with Gasteiger partial charge in [-0.05, 0) is 41.8 Å². The standard InChI is InChI=1S/C14H10ClNO4/c1-8-4-11(15)2-3-13(8)9-5-10(14(17)18)7-12(6-9)16(19)20/h2-7H,1H3,(H,17,18). The Morgan fingerprint density at radius 2 is 1.95 bits per heavy atom. The minimum absolute atomic E-state index is 0.122. The molecule has 102 valence electrons. The molecule has 0 aromatic heterocycles. The molecule has 0 radical (unpaired) electrons. The van der Waals surface area contributed by atoms with E-state index in [1.807, 2.05) is 0 Å². The Morgan fingerprint density at radius 3 is 2.50 bits per heavy atom. The summed E-state index contributed by atoms with van der Waals surface area (Å²) < 4.78 is 0. The molecular formula is C14H10ClNO4. The lowest BCUT2D eigenvalue weighted by Gasteiger charge is -2.07. The Kier molecular flexibility index (Phi) is 3.72. The van der Waals surface area contributed by atoms with Gasteiger partial charge in [0.25, 0.3) is 5.69 Å². The first kappa shape index (κ1) is 14.0. The van der Waals surface area contributed by atoms with Crippen LogP contribution in [0.25, 0.3) is 11.1 Å². The third kappa shape index (κ3) is 2.78. The van der Waals surface area contributed by atoms with E-state index in [1.165, 1.54) is 12.1 Å². The van der Waals surface area contributed by atoms with Crippen molar-refractivity contribution in [1.82, 2.24) is 0 Å². The zero-order chi connectivity index (χ0) is 14.9. The minimum atomic E-state index is -1.21. The van der Waals surface area contributed by atoms with Crippen LogP contribution in [0.4, 0.5) is 5.69 Å². The molecule has 0 unspecified atom stereocenters. The first-order chi connectivity index (χ1) is 9.38. The van der Waals surface area contributed by atoms with Gasteiger partial charge in [-0.2, -0.15) is 0 Å². The van der Waals surface area contributed by atoms with E-state index < -0.39 is 10.9 Å². The van der Waals surface area contributed by atoms with Gasteiger partial charge >= 0.3 is 5.97 Å². The van der Waals surface area contributed by atoms with Gasteiger partial charge in [0.15, 0.2) is 0 Å². The molecule has 6 heteroatoms. The maximum Gasteiger partial charge on any atom is 0.335 e. The summed E-state index contributed by atoms with van der Waals surface area (Å²) in [6.45, 7) is 1.81. The second-order valence-electron chi connectivity index (χ2n) is 4.29. The number of hydrogen-bond donors (Lipinski definition) is 1. The van der Waals surface area contributed by atoms with Gasteiger partial charge in [-0.25, -0.2) is 4.79 Å². The highest BCUT2D eigenvalue weighted by molar-refractivity contribution is 6.30. The van der Waals surface area contributed by atoms with Gasteiger partial charge < -0.3 is 5.11 Å². The Hall–Kier alpha value is -2.40. The smallest absolute Gasteiger partial charge is 0.335 e. The number of non-ortho nitro benzene ring substituents is 1. The quantitative estimate of drug-likeness (QED) is 0.686. The molecule has 2 aromatic carbocycles. The van der Waals surface area contributed by atoms with Gasteiger partial charge in [-0.3, -0.25) is 10.1 Å². The van der Waals surface area contributed by atoms with Crippen molar-refractivity contribution in [3.63, 3.8) is 0 Å². The van der Waals surface area contributed by atoms with E-state index in [0.717, 1.165) is 11.6 Å². The fourth-order valence-corrected chi connectivity index (χ4v) is 2.17. The Morgan fingerprint density at radius 1 is 1.25 bits per heavy atom. The Labute approximate surface area is 119 Å². The summed E-state index contributed by atoms with van der Waals surface area (Å²) in [5.41, 5.74) is 1.62. The monoisotopic (exact) mass is 291 g/mol. The highest BCUT2D eigenvalue weighted by atomic mass is 35.5. The number of nitrogens with zero attached hydrogens (tertiary/aromatic N) is 1. The zero-order valence-electron chi connectivity index (χ0n) is 10.5. The van der Waals surface area contributed by atoms with E-state index in [2.05, 4.69) is 0 Å². The molecule has 1 N–H and O–H groups in total. The molecule has 0 aliphatic carbocycles. The van der Waals surface area contributed by atoms with Crippen LogP contribution < -0.4 is 0 Å². The molecule has 0 heterocycles. The number of carbonyl (C=O) groups is 1. The van der Waals surface area contributed by atoms with Gasteiger partial charge in [-0.1, -0.05) is 17.7 Å². The molecule has 0 spiro atoms. The lowest BCUT2D eigenvalue weighted by molar-refractivity contribution is -0.384. The number of rotatable bonds is 3. The van der Waals surface area contributed by atoms with Crippen LogP contribution in [0.3, 0.4) is 0 Å². The first-order valence-corrected chi connectivity index (χ1v) is 6.05. The summed E-state index contributed by atoms with van der Waals surface area (Å²) in [4.78, 5) is 21.3. The van der Waals surface area contributed by atoms with Crippen LogP contribution in [0.15, 0.2) is 36.4 Å². The van der Waals surface area contributed by atoms with Crippen LogP contribution in [0, 0.1) is 17.0 Å². The molecule has 20 heavy (non-hydrogen) atoms. The molecular weight excluding hydrogens is 282 g/mol. The number of carboxylic acid groups (broad SMARTS) is 1. The number of halogens is 1. The lowest BCUT2D eigenvalue weighted by atomic mass is 9.98. The molecule has 2 aromatic rings. The lowest BCUT2D eigenvalue weighted by Crippen LogP contribution is -1.99. The van der Waals surface area contributed by atoms with Gasteiger partial charge in [0.1, 0.15) is 0 Å². The minimum Gasteiger partial charge on any atom is -0.478 e. The zero-order valence-corrected chi connectivity index (χ0v) is 11.2. The predicted octanol–water partition coefficient (Wildman–Crippen LogP) is 3.92. The van der Waals surface area contributed by atoms with Gasteiger partial charge in [0, 0.05) is 17.2 Å². The van der Waals surface area contributed by atoms with Crippen molar-refractivity contribution < 1.29 is 14.8 Å². The van der Waals surface area contributed by atoms with Gasteiger partial charge in [-0.15, -0.1) is 0 Å². The van der Waals surface area contributed by atoms with Crippen molar-refractivity contribution in [1.29, 1.82) is 0 Å². The van der Waals surface area contributed by atoms with Crippen molar-refractivity contribution in [3.05, 3.63) is 62.7 Å². The number of nitro benzene ring substituents is 1. The third-order valence-electron chi connectivity index (χ3n) is 2.88. The maximum absolute atomic E-state index is 11.1. The summed E-state index contributed by atoms with van der Waals surface area (Å²) in [7, 11) is 0. The Bertz CT molecular complexity index is 680. The summed E-state index contributed by atoms with van der Waals surface area (Å²) >= 11 is 5.87. The van der Waals surface area contributed by atoms with Crippen LogP contribution in [0.5, 0.6) is 0 Å². The molecule has 0 aliphatic rings. The topological polar surface area (TPSA) is 80.4 Å².